The number of nitrogens with zero attached hydrogens (tertiary/aromatic N) is 2. The molecule has 4 rings (SSSR count). The van der Waals surface area contributed by atoms with Crippen molar-refractivity contribution in [2.24, 2.45) is 0 Å². The van der Waals surface area contributed by atoms with Gasteiger partial charge in [-0.25, -0.2) is 22.2 Å². The second-order valence-electron chi connectivity index (χ2n) is 8.26. The third kappa shape index (κ3) is 6.39. The summed E-state index contributed by atoms with van der Waals surface area (Å²) in [6, 6.07) is 10.3. The number of nitrogen functional groups attached to an aromatic ring is 1. The number of hydrogen-bond acceptors (Lipinski definition) is 6. The number of nitrogens with two attached hydrogens (primary N) is 1. The fourth-order valence-corrected chi connectivity index (χ4v) is 5.10. The average molecular weight is 523 g/mol. The lowest BCUT2D eigenvalue weighted by Crippen LogP contribution is -2.29. The first-order chi connectivity index (χ1) is 16.7. The quantitative estimate of drug-likeness (QED) is 0.396. The largest absolute Gasteiger partial charge is 0.485 e. The maximum atomic E-state index is 14.0. The van der Waals surface area contributed by atoms with Crippen LogP contribution in [0.2, 0.25) is 5.02 Å². The van der Waals surface area contributed by atoms with Crippen LogP contribution < -0.4 is 15.2 Å². The smallest absolute Gasteiger partial charge is 0.233 e. The fourth-order valence-electron chi connectivity index (χ4n) is 3.80. The predicted molar refractivity (Wildman–Crippen MR) is 133 cm³/mol. The number of benzene rings is 2. The molecule has 3 aromatic rings. The van der Waals surface area contributed by atoms with Crippen LogP contribution in [-0.2, 0) is 16.6 Å². The minimum absolute atomic E-state index is 0.0350. The van der Waals surface area contributed by atoms with Gasteiger partial charge in [0.05, 0.1) is 10.8 Å². The van der Waals surface area contributed by atoms with E-state index in [9.17, 15) is 17.2 Å². The first kappa shape index (κ1) is 25.2. The maximum absolute atomic E-state index is 14.0. The lowest BCUT2D eigenvalue weighted by molar-refractivity contribution is 0.300. The zero-order valence-corrected chi connectivity index (χ0v) is 20.4. The lowest BCUT2D eigenvalue weighted by atomic mass is 10.1. The molecule has 1 fully saturated rings. The first-order valence-corrected chi connectivity index (χ1v) is 13.1. The molecule has 0 unspecified atom stereocenters. The molecule has 1 aliphatic rings. The second-order valence-corrected chi connectivity index (χ2v) is 10.5. The molecule has 0 aliphatic carbocycles. The molecular weight excluding hydrogens is 498 g/mol. The Morgan fingerprint density at radius 3 is 2.46 bits per heavy atom. The van der Waals surface area contributed by atoms with Crippen molar-refractivity contribution in [3.63, 3.8) is 0 Å². The van der Waals surface area contributed by atoms with Crippen molar-refractivity contribution in [3.05, 3.63) is 70.9 Å². The van der Waals surface area contributed by atoms with Crippen LogP contribution in [0, 0.1) is 11.6 Å². The van der Waals surface area contributed by atoms with Gasteiger partial charge >= 0.3 is 0 Å². The van der Waals surface area contributed by atoms with Crippen molar-refractivity contribution in [2.75, 3.05) is 35.8 Å². The Morgan fingerprint density at radius 1 is 1.06 bits per heavy atom. The number of pyridine rings is 1. The van der Waals surface area contributed by atoms with E-state index < -0.39 is 21.7 Å². The van der Waals surface area contributed by atoms with Gasteiger partial charge in [-0.2, -0.15) is 0 Å². The van der Waals surface area contributed by atoms with Gasteiger partial charge in [-0.3, -0.25) is 4.72 Å². The molecule has 2 aromatic carbocycles. The summed E-state index contributed by atoms with van der Waals surface area (Å²) in [5.74, 6) is -1.17. The molecule has 0 radical (unpaired) electrons. The van der Waals surface area contributed by atoms with Gasteiger partial charge in [0.25, 0.3) is 0 Å². The van der Waals surface area contributed by atoms with Crippen molar-refractivity contribution in [1.82, 2.24) is 9.88 Å². The zero-order chi connectivity index (χ0) is 25.0. The van der Waals surface area contributed by atoms with E-state index in [2.05, 4.69) is 14.6 Å². The number of halogens is 3. The third-order valence-electron chi connectivity index (χ3n) is 5.76. The molecule has 3 N–H and O–H groups in total. The zero-order valence-electron chi connectivity index (χ0n) is 18.8. The van der Waals surface area contributed by atoms with E-state index in [4.69, 9.17) is 22.1 Å². The Morgan fingerprint density at radius 2 is 1.74 bits per heavy atom. The topological polar surface area (TPSA) is 97.5 Å². The predicted octanol–water partition coefficient (Wildman–Crippen LogP) is 4.68. The number of likely N-dealkylation sites (tertiary alicyclic amines) is 1. The molecule has 186 valence electrons. The Hall–Kier alpha value is -2.95. The SMILES string of the molecule is Nc1ncc(-c2ccc(NS(=O)(=O)CCN3CCCC3)cc2)cc1OCc1c(F)ccc(F)c1Cl. The van der Waals surface area contributed by atoms with E-state index in [1.165, 1.54) is 6.20 Å². The number of aromatic nitrogens is 1. The highest BCUT2D eigenvalue weighted by Gasteiger charge is 2.17. The maximum Gasteiger partial charge on any atom is 0.233 e. The fraction of sp³-hybridized carbons (Fsp3) is 0.292. The van der Waals surface area contributed by atoms with Crippen LogP contribution in [0.1, 0.15) is 18.4 Å². The van der Waals surface area contributed by atoms with Crippen LogP contribution in [0.5, 0.6) is 5.75 Å². The van der Waals surface area contributed by atoms with Crippen LogP contribution in [-0.4, -0.2) is 43.7 Å². The number of anilines is 2. The van der Waals surface area contributed by atoms with Crippen molar-refractivity contribution in [3.8, 4) is 16.9 Å². The first-order valence-electron chi connectivity index (χ1n) is 11.1. The van der Waals surface area contributed by atoms with Crippen molar-refractivity contribution < 1.29 is 21.9 Å². The second kappa shape index (κ2) is 10.8. The van der Waals surface area contributed by atoms with Crippen LogP contribution in [0.25, 0.3) is 11.1 Å². The molecule has 0 amide bonds. The van der Waals surface area contributed by atoms with Gasteiger partial charge in [-0.15, -0.1) is 0 Å². The Kier molecular flexibility index (Phi) is 7.73. The van der Waals surface area contributed by atoms with Crippen molar-refractivity contribution in [1.29, 1.82) is 0 Å². The highest BCUT2D eigenvalue weighted by molar-refractivity contribution is 7.92. The normalized spacial score (nSPS) is 14.3. The van der Waals surface area contributed by atoms with Crippen LogP contribution in [0.15, 0.2) is 48.7 Å². The van der Waals surface area contributed by atoms with E-state index in [-0.39, 0.29) is 34.5 Å². The molecule has 1 saturated heterocycles. The van der Waals surface area contributed by atoms with Crippen molar-refractivity contribution in [2.45, 2.75) is 19.4 Å². The molecule has 35 heavy (non-hydrogen) atoms. The summed E-state index contributed by atoms with van der Waals surface area (Å²) in [5, 5.41) is -0.355. The summed E-state index contributed by atoms with van der Waals surface area (Å²) in [7, 11) is -3.46. The van der Waals surface area contributed by atoms with E-state index in [0.717, 1.165) is 43.6 Å². The van der Waals surface area contributed by atoms with Gasteiger partial charge in [0.1, 0.15) is 18.2 Å². The van der Waals surface area contributed by atoms with E-state index in [0.29, 0.717) is 17.8 Å². The molecule has 0 saturated carbocycles. The standard InChI is InChI=1S/C24H25ClF2N4O3S/c25-23-19(20(26)7-8-21(23)27)15-34-22-13-17(14-29-24(22)28)16-3-5-18(6-4-16)30-35(32,33)12-11-31-9-1-2-10-31/h3-8,13-14,30H,1-2,9-12,15H2,(H2,28,29). The van der Waals surface area contributed by atoms with Gasteiger partial charge in [0, 0.05) is 29.6 Å². The summed E-state index contributed by atoms with van der Waals surface area (Å²) >= 11 is 5.85. The highest BCUT2D eigenvalue weighted by atomic mass is 35.5. The van der Waals surface area contributed by atoms with E-state index in [1.54, 1.807) is 30.3 Å². The number of nitrogens with one attached hydrogen (secondary N) is 1. The highest BCUT2D eigenvalue weighted by Crippen LogP contribution is 2.30. The number of hydrogen-bond donors (Lipinski definition) is 2. The van der Waals surface area contributed by atoms with E-state index in [1.807, 2.05) is 0 Å². The Bertz CT molecular complexity index is 1300. The number of rotatable bonds is 9. The van der Waals surface area contributed by atoms with E-state index >= 15 is 0 Å². The van der Waals surface area contributed by atoms with Gasteiger partial charge < -0.3 is 15.4 Å². The Balaban J connectivity index is 1.43. The van der Waals surface area contributed by atoms with Gasteiger partial charge in [-0.05, 0) is 61.8 Å². The minimum Gasteiger partial charge on any atom is -0.485 e. The van der Waals surface area contributed by atoms with Crippen LogP contribution >= 0.6 is 11.6 Å². The number of ether oxygens (including phenoxy) is 1. The molecule has 0 spiro atoms. The van der Waals surface area contributed by atoms with Gasteiger partial charge in [0.2, 0.25) is 10.0 Å². The summed E-state index contributed by atoms with van der Waals surface area (Å²) in [4.78, 5) is 6.26. The third-order valence-corrected chi connectivity index (χ3v) is 7.43. The molecular formula is C24H25ClF2N4O3S. The summed E-state index contributed by atoms with van der Waals surface area (Å²) < 4.78 is 60.7. The van der Waals surface area contributed by atoms with Crippen LogP contribution in [0.4, 0.5) is 20.3 Å². The molecule has 7 nitrogen and oxygen atoms in total. The molecule has 0 atom stereocenters. The molecule has 2 heterocycles. The van der Waals surface area contributed by atoms with Crippen molar-refractivity contribution >= 4 is 33.1 Å². The Labute approximate surface area is 207 Å². The molecule has 0 bridgehead atoms. The summed E-state index contributed by atoms with van der Waals surface area (Å²) in [5.41, 5.74) is 7.59. The van der Waals surface area contributed by atoms with Gasteiger partial charge in [-0.1, -0.05) is 23.7 Å². The lowest BCUT2D eigenvalue weighted by Gasteiger charge is -2.15. The van der Waals surface area contributed by atoms with Crippen LogP contribution in [0.3, 0.4) is 0 Å². The monoisotopic (exact) mass is 522 g/mol. The average Bonchev–Trinajstić information content (AvgIpc) is 3.36. The van der Waals surface area contributed by atoms with Gasteiger partial charge in [0.15, 0.2) is 11.6 Å². The summed E-state index contributed by atoms with van der Waals surface area (Å²) in [6.07, 6.45) is 3.75. The molecule has 11 heteroatoms. The number of sulfonamides is 1. The molecule has 1 aliphatic heterocycles. The minimum atomic E-state index is -3.46. The molecule has 1 aromatic heterocycles. The summed E-state index contributed by atoms with van der Waals surface area (Å²) in [6.45, 7) is 2.06.